The number of halogens is 2. The van der Waals surface area contributed by atoms with Gasteiger partial charge in [0.15, 0.2) is 5.65 Å². The zero-order chi connectivity index (χ0) is 15.0. The van der Waals surface area contributed by atoms with Crippen LogP contribution in [0, 0.1) is 5.92 Å². The van der Waals surface area contributed by atoms with E-state index in [0.717, 1.165) is 29.8 Å². The molecule has 5 nitrogen and oxygen atoms in total. The summed E-state index contributed by atoms with van der Waals surface area (Å²) in [7, 11) is 0. The molecular formula is C14H16Cl2N4O. The molecule has 2 heterocycles. The normalized spacial score (nSPS) is 16.1. The molecule has 0 aliphatic heterocycles. The maximum atomic E-state index is 11.7. The fourth-order valence-electron chi connectivity index (χ4n) is 2.31. The van der Waals surface area contributed by atoms with E-state index < -0.39 is 0 Å². The Kier molecular flexibility index (Phi) is 4.04. The molecule has 0 spiro atoms. The minimum Gasteiger partial charge on any atom is -0.354 e. The van der Waals surface area contributed by atoms with Crippen molar-refractivity contribution >= 4 is 40.3 Å². The minimum atomic E-state index is -0.239. The molecule has 1 aliphatic rings. The molecule has 2 aromatic rings. The highest BCUT2D eigenvalue weighted by molar-refractivity contribution is 6.31. The Morgan fingerprint density at radius 1 is 1.57 bits per heavy atom. The third-order valence-corrected chi connectivity index (χ3v) is 3.92. The number of alkyl halides is 1. The number of pyridine rings is 1. The van der Waals surface area contributed by atoms with Gasteiger partial charge in [0, 0.05) is 25.2 Å². The summed E-state index contributed by atoms with van der Waals surface area (Å²) >= 11 is 12.1. The van der Waals surface area contributed by atoms with Gasteiger partial charge in [0.05, 0.1) is 10.4 Å². The molecule has 1 N–H and O–H groups in total. The predicted octanol–water partition coefficient (Wildman–Crippen LogP) is 2.91. The van der Waals surface area contributed by atoms with Gasteiger partial charge in [-0.1, -0.05) is 11.6 Å². The number of fused-ring (bicyclic) bond motifs is 1. The first kappa shape index (κ1) is 14.6. The zero-order valence-corrected chi connectivity index (χ0v) is 13.2. The van der Waals surface area contributed by atoms with Gasteiger partial charge in [-0.3, -0.25) is 4.79 Å². The van der Waals surface area contributed by atoms with Crippen molar-refractivity contribution in [2.24, 2.45) is 5.92 Å². The number of imidazole rings is 1. The molecular weight excluding hydrogens is 311 g/mol. The van der Waals surface area contributed by atoms with E-state index in [1.54, 1.807) is 12.3 Å². The second-order valence-electron chi connectivity index (χ2n) is 5.30. The van der Waals surface area contributed by atoms with Gasteiger partial charge >= 0.3 is 0 Å². The van der Waals surface area contributed by atoms with Gasteiger partial charge in [0.2, 0.25) is 5.91 Å². The molecule has 1 saturated carbocycles. The number of carbonyl (C=O) groups is 1. The highest BCUT2D eigenvalue weighted by Crippen LogP contribution is 2.28. The van der Waals surface area contributed by atoms with Crippen LogP contribution in [0.4, 0.5) is 0 Å². The van der Waals surface area contributed by atoms with Crippen molar-refractivity contribution in [3.63, 3.8) is 0 Å². The molecule has 7 heteroatoms. The average Bonchev–Trinajstić information content (AvgIpc) is 3.22. The monoisotopic (exact) mass is 326 g/mol. The van der Waals surface area contributed by atoms with Crippen molar-refractivity contribution in [1.29, 1.82) is 0 Å². The highest BCUT2D eigenvalue weighted by atomic mass is 35.5. The third-order valence-electron chi connectivity index (χ3n) is 3.52. The second-order valence-corrected chi connectivity index (χ2v) is 6.39. The Bertz CT molecular complexity index is 679. The lowest BCUT2D eigenvalue weighted by Gasteiger charge is -2.10. The Hall–Kier alpha value is -1.33. The van der Waals surface area contributed by atoms with Gasteiger partial charge in [-0.15, -0.1) is 11.6 Å². The van der Waals surface area contributed by atoms with Crippen molar-refractivity contribution in [1.82, 2.24) is 19.9 Å². The molecule has 0 saturated heterocycles. The van der Waals surface area contributed by atoms with Crippen molar-refractivity contribution in [3.8, 4) is 0 Å². The summed E-state index contributed by atoms with van der Waals surface area (Å²) in [6.07, 6.45) is 3.60. The van der Waals surface area contributed by atoms with E-state index in [1.165, 1.54) is 0 Å². The summed E-state index contributed by atoms with van der Waals surface area (Å²) in [6, 6.07) is 1.77. The maximum Gasteiger partial charge on any atom is 0.223 e. The number of carbonyl (C=O) groups excluding carboxylic acids is 1. The van der Waals surface area contributed by atoms with Crippen LogP contribution in [0.3, 0.4) is 0 Å². The fraction of sp³-hybridized carbons (Fsp3) is 0.500. The van der Waals surface area contributed by atoms with E-state index in [4.69, 9.17) is 23.2 Å². The zero-order valence-electron chi connectivity index (χ0n) is 11.6. The predicted molar refractivity (Wildman–Crippen MR) is 82.5 cm³/mol. The fourth-order valence-corrected chi connectivity index (χ4v) is 2.63. The van der Waals surface area contributed by atoms with Crippen LogP contribution in [-0.4, -0.2) is 27.0 Å². The van der Waals surface area contributed by atoms with Crippen molar-refractivity contribution in [2.75, 3.05) is 6.54 Å². The summed E-state index contributed by atoms with van der Waals surface area (Å²) in [4.78, 5) is 20.5. The van der Waals surface area contributed by atoms with Crippen LogP contribution in [0.5, 0.6) is 0 Å². The van der Waals surface area contributed by atoms with Gasteiger partial charge in [-0.2, -0.15) is 0 Å². The van der Waals surface area contributed by atoms with Gasteiger partial charge in [-0.25, -0.2) is 9.97 Å². The SMILES string of the molecule is CC(Cl)c1nc2cc(Cl)cnc2n1CCNC(=O)C1CC1. The van der Waals surface area contributed by atoms with Gasteiger partial charge in [0.1, 0.15) is 11.3 Å². The lowest BCUT2D eigenvalue weighted by molar-refractivity contribution is -0.122. The van der Waals surface area contributed by atoms with E-state index in [1.807, 2.05) is 11.5 Å². The number of rotatable bonds is 5. The number of nitrogens with one attached hydrogen (secondary N) is 1. The van der Waals surface area contributed by atoms with Crippen LogP contribution in [0.25, 0.3) is 11.2 Å². The van der Waals surface area contributed by atoms with Gasteiger partial charge in [-0.05, 0) is 25.8 Å². The van der Waals surface area contributed by atoms with E-state index in [0.29, 0.717) is 18.1 Å². The minimum absolute atomic E-state index is 0.135. The van der Waals surface area contributed by atoms with E-state index >= 15 is 0 Å². The first-order valence-corrected chi connectivity index (χ1v) is 7.81. The molecule has 1 atom stereocenters. The summed E-state index contributed by atoms with van der Waals surface area (Å²) in [5.74, 6) is 1.09. The number of aromatic nitrogens is 3. The van der Waals surface area contributed by atoms with Crippen LogP contribution < -0.4 is 5.32 Å². The molecule has 0 aromatic carbocycles. The number of hydrogen-bond acceptors (Lipinski definition) is 3. The summed E-state index contributed by atoms with van der Waals surface area (Å²) in [5.41, 5.74) is 1.46. The Morgan fingerprint density at radius 2 is 2.33 bits per heavy atom. The molecule has 1 fully saturated rings. The Morgan fingerprint density at radius 3 is 3.00 bits per heavy atom. The first-order chi connectivity index (χ1) is 10.1. The largest absolute Gasteiger partial charge is 0.354 e. The third kappa shape index (κ3) is 3.14. The molecule has 1 amide bonds. The number of amides is 1. The molecule has 112 valence electrons. The molecule has 0 radical (unpaired) electrons. The van der Waals surface area contributed by atoms with Crippen molar-refractivity contribution < 1.29 is 4.79 Å². The van der Waals surface area contributed by atoms with Crippen molar-refractivity contribution in [3.05, 3.63) is 23.1 Å². The van der Waals surface area contributed by atoms with Crippen LogP contribution in [-0.2, 0) is 11.3 Å². The maximum absolute atomic E-state index is 11.7. The standard InChI is InChI=1S/C14H16Cl2N4O/c1-8(15)12-19-11-6-10(16)7-18-13(11)20(12)5-4-17-14(21)9-2-3-9/h6-9H,2-5H2,1H3,(H,17,21). The highest BCUT2D eigenvalue weighted by Gasteiger charge is 2.29. The van der Waals surface area contributed by atoms with E-state index in [9.17, 15) is 4.79 Å². The molecule has 0 bridgehead atoms. The Labute approximate surface area is 132 Å². The smallest absolute Gasteiger partial charge is 0.223 e. The summed E-state index contributed by atoms with van der Waals surface area (Å²) < 4.78 is 1.94. The first-order valence-electron chi connectivity index (χ1n) is 6.99. The van der Waals surface area contributed by atoms with E-state index in [-0.39, 0.29) is 17.2 Å². The van der Waals surface area contributed by atoms with Crippen LogP contribution in [0.15, 0.2) is 12.3 Å². The van der Waals surface area contributed by atoms with Crippen LogP contribution >= 0.6 is 23.2 Å². The summed E-state index contributed by atoms with van der Waals surface area (Å²) in [5, 5.41) is 3.25. The number of hydrogen-bond donors (Lipinski definition) is 1. The second kappa shape index (κ2) is 5.81. The molecule has 21 heavy (non-hydrogen) atoms. The topological polar surface area (TPSA) is 59.8 Å². The molecule has 1 aliphatic carbocycles. The van der Waals surface area contributed by atoms with Gasteiger partial charge in [0.25, 0.3) is 0 Å². The Balaban J connectivity index is 1.81. The van der Waals surface area contributed by atoms with Crippen molar-refractivity contribution in [2.45, 2.75) is 31.7 Å². The molecule has 2 aromatic heterocycles. The quantitative estimate of drug-likeness (QED) is 0.859. The van der Waals surface area contributed by atoms with Gasteiger partial charge < -0.3 is 9.88 Å². The summed E-state index contributed by atoms with van der Waals surface area (Å²) in [6.45, 7) is 3.00. The van der Waals surface area contributed by atoms with Crippen LogP contribution in [0.1, 0.15) is 31.0 Å². The number of nitrogens with zero attached hydrogens (tertiary/aromatic N) is 3. The lowest BCUT2D eigenvalue weighted by atomic mass is 10.4. The van der Waals surface area contributed by atoms with E-state index in [2.05, 4.69) is 15.3 Å². The van der Waals surface area contributed by atoms with Crippen LogP contribution in [0.2, 0.25) is 5.02 Å². The lowest BCUT2D eigenvalue weighted by Crippen LogP contribution is -2.28. The molecule has 3 rings (SSSR count). The average molecular weight is 327 g/mol. The molecule has 1 unspecified atom stereocenters.